The number of nitrogen functional groups attached to an aromatic ring is 1. The lowest BCUT2D eigenvalue weighted by atomic mass is 10.0. The molecule has 0 saturated carbocycles. The highest BCUT2D eigenvalue weighted by atomic mass is 16.6. The molecule has 8 heteroatoms. The molecular formula is C19H21N5O3. The van der Waals surface area contributed by atoms with Crippen molar-refractivity contribution >= 4 is 11.8 Å². The Hall–Kier alpha value is -3.55. The van der Waals surface area contributed by atoms with Crippen molar-refractivity contribution in [2.24, 2.45) is 12.8 Å². The Morgan fingerprint density at radius 1 is 1.22 bits per heavy atom. The van der Waals surface area contributed by atoms with Gasteiger partial charge in [-0.05, 0) is 42.7 Å². The van der Waals surface area contributed by atoms with Crippen LogP contribution in [0, 0.1) is 0 Å². The predicted octanol–water partition coefficient (Wildman–Crippen LogP) is 2.32. The Morgan fingerprint density at radius 3 is 2.70 bits per heavy atom. The van der Waals surface area contributed by atoms with Crippen LogP contribution in [-0.2, 0) is 19.9 Å². The molecule has 2 aromatic heterocycles. The zero-order valence-corrected chi connectivity index (χ0v) is 15.2. The molecule has 8 nitrogen and oxygen atoms in total. The fourth-order valence-corrected chi connectivity index (χ4v) is 2.86. The first-order chi connectivity index (χ1) is 13.0. The molecule has 27 heavy (non-hydrogen) atoms. The predicted molar refractivity (Wildman–Crippen MR) is 101 cm³/mol. The summed E-state index contributed by atoms with van der Waals surface area (Å²) < 4.78 is 12.0. The second kappa shape index (κ2) is 7.77. The lowest BCUT2D eigenvalue weighted by Crippen LogP contribution is -2.17. The van der Waals surface area contributed by atoms with Gasteiger partial charge in [0.25, 0.3) is 0 Å². The van der Waals surface area contributed by atoms with Gasteiger partial charge in [-0.3, -0.25) is 4.68 Å². The van der Waals surface area contributed by atoms with Crippen LogP contribution < -0.4 is 20.9 Å². The summed E-state index contributed by atoms with van der Waals surface area (Å²) in [7, 11) is 3.45. The Balaban J connectivity index is 1.83. The number of hydrogen-bond donors (Lipinski definition) is 2. The maximum atomic E-state index is 10.9. The summed E-state index contributed by atoms with van der Waals surface area (Å²) in [5, 5.41) is 4.44. The van der Waals surface area contributed by atoms with E-state index in [-0.39, 0.29) is 5.88 Å². The van der Waals surface area contributed by atoms with Crippen molar-refractivity contribution in [3.05, 3.63) is 53.9 Å². The molecule has 0 aliphatic heterocycles. The number of carbonyl (C=O) groups excluding carboxylic acids is 1. The number of hydrogen-bond acceptors (Lipinski definition) is 6. The smallest absolute Gasteiger partial charge is 0.411 e. The number of primary amides is 1. The molecule has 1 amide bonds. The average Bonchev–Trinajstić information content (AvgIpc) is 3.05. The molecule has 0 fully saturated rings. The van der Waals surface area contributed by atoms with Crippen LogP contribution in [0.5, 0.6) is 11.6 Å². The number of methoxy groups -OCH3 is 1. The number of ether oxygens (including phenoxy) is 2. The van der Waals surface area contributed by atoms with Crippen molar-refractivity contribution in [2.45, 2.75) is 12.8 Å². The van der Waals surface area contributed by atoms with Gasteiger partial charge in [0, 0.05) is 30.6 Å². The van der Waals surface area contributed by atoms with Crippen molar-refractivity contribution < 1.29 is 14.3 Å². The number of carbonyl (C=O) groups is 1. The average molecular weight is 367 g/mol. The van der Waals surface area contributed by atoms with Crippen LogP contribution in [0.1, 0.15) is 11.3 Å². The number of pyridine rings is 1. The first-order valence-corrected chi connectivity index (χ1v) is 8.36. The minimum atomic E-state index is -0.886. The second-order valence-corrected chi connectivity index (χ2v) is 6.03. The van der Waals surface area contributed by atoms with Crippen molar-refractivity contribution in [1.82, 2.24) is 14.8 Å². The molecule has 0 aliphatic rings. The minimum Gasteiger partial charge on any atom is -0.494 e. The summed E-state index contributed by atoms with van der Waals surface area (Å²) in [5.41, 5.74) is 15.2. The number of aromatic nitrogens is 3. The van der Waals surface area contributed by atoms with Gasteiger partial charge in [-0.1, -0.05) is 6.07 Å². The van der Waals surface area contributed by atoms with E-state index in [0.717, 1.165) is 22.5 Å². The first-order valence-electron chi connectivity index (χ1n) is 8.36. The van der Waals surface area contributed by atoms with E-state index in [1.54, 1.807) is 23.9 Å². The standard InChI is InChI=1S/C19H21N5O3/c1-24-9-8-16(23-24)14-10-12(11-15(20)18(14)26-2)6-7-13-4-3-5-17(22-13)27-19(21)25/h3-5,8-11H,6-7,20H2,1-2H3,(H2,21,25). The van der Waals surface area contributed by atoms with Crippen molar-refractivity contribution in [3.63, 3.8) is 0 Å². The van der Waals surface area contributed by atoms with Crippen LogP contribution in [0.3, 0.4) is 0 Å². The lowest BCUT2D eigenvalue weighted by Gasteiger charge is -2.12. The first kappa shape index (κ1) is 18.2. The number of nitrogens with zero attached hydrogens (tertiary/aromatic N) is 3. The third kappa shape index (κ3) is 4.35. The summed E-state index contributed by atoms with van der Waals surface area (Å²) in [6, 6.07) is 11.0. The van der Waals surface area contributed by atoms with E-state index in [1.807, 2.05) is 37.5 Å². The molecule has 1 aromatic carbocycles. The van der Waals surface area contributed by atoms with Gasteiger partial charge in [0.15, 0.2) is 5.75 Å². The van der Waals surface area contributed by atoms with E-state index in [9.17, 15) is 4.79 Å². The molecule has 3 aromatic rings. The third-order valence-electron chi connectivity index (χ3n) is 4.03. The van der Waals surface area contributed by atoms with E-state index in [2.05, 4.69) is 10.1 Å². The number of rotatable bonds is 6. The molecular weight excluding hydrogens is 346 g/mol. The van der Waals surface area contributed by atoms with Gasteiger partial charge in [-0.15, -0.1) is 0 Å². The summed E-state index contributed by atoms with van der Waals surface area (Å²) in [4.78, 5) is 15.1. The number of benzene rings is 1. The second-order valence-electron chi connectivity index (χ2n) is 6.03. The maximum Gasteiger partial charge on any atom is 0.411 e. The molecule has 2 heterocycles. The fourth-order valence-electron chi connectivity index (χ4n) is 2.86. The highest BCUT2D eigenvalue weighted by molar-refractivity contribution is 5.76. The Bertz CT molecular complexity index is 968. The molecule has 0 unspecified atom stereocenters. The molecule has 0 radical (unpaired) electrons. The van der Waals surface area contributed by atoms with E-state index in [4.69, 9.17) is 20.9 Å². The fraction of sp³-hybridized carbons (Fsp3) is 0.211. The Labute approximate surface area is 156 Å². The lowest BCUT2D eigenvalue weighted by molar-refractivity contribution is 0.209. The minimum absolute atomic E-state index is 0.184. The van der Waals surface area contributed by atoms with Crippen molar-refractivity contribution in [1.29, 1.82) is 0 Å². The van der Waals surface area contributed by atoms with Gasteiger partial charge in [-0.2, -0.15) is 5.10 Å². The topological polar surface area (TPSA) is 118 Å². The highest BCUT2D eigenvalue weighted by Crippen LogP contribution is 2.35. The van der Waals surface area contributed by atoms with Gasteiger partial charge in [0.2, 0.25) is 5.88 Å². The number of aryl methyl sites for hydroxylation is 3. The molecule has 0 bridgehead atoms. The van der Waals surface area contributed by atoms with Gasteiger partial charge in [-0.25, -0.2) is 9.78 Å². The monoisotopic (exact) mass is 367 g/mol. The van der Waals surface area contributed by atoms with Crippen molar-refractivity contribution in [3.8, 4) is 22.9 Å². The number of amides is 1. The summed E-state index contributed by atoms with van der Waals surface area (Å²) in [6.45, 7) is 0. The van der Waals surface area contributed by atoms with Crippen LogP contribution in [0.25, 0.3) is 11.3 Å². The molecule has 0 atom stereocenters. The van der Waals surface area contributed by atoms with E-state index < -0.39 is 6.09 Å². The molecule has 0 aliphatic carbocycles. The Kier molecular flexibility index (Phi) is 5.25. The van der Waals surface area contributed by atoms with Gasteiger partial charge >= 0.3 is 6.09 Å². The van der Waals surface area contributed by atoms with Gasteiger partial charge in [0.1, 0.15) is 0 Å². The van der Waals surface area contributed by atoms with E-state index in [1.165, 1.54) is 0 Å². The summed E-state index contributed by atoms with van der Waals surface area (Å²) >= 11 is 0. The van der Waals surface area contributed by atoms with Crippen LogP contribution in [0.4, 0.5) is 10.5 Å². The zero-order valence-electron chi connectivity index (χ0n) is 15.2. The Morgan fingerprint density at radius 2 is 2.04 bits per heavy atom. The SMILES string of the molecule is COc1c(N)cc(CCc2cccc(OC(N)=O)n2)cc1-c1ccn(C)n1. The van der Waals surface area contributed by atoms with Crippen LogP contribution in [-0.4, -0.2) is 28.0 Å². The van der Waals surface area contributed by atoms with E-state index in [0.29, 0.717) is 24.3 Å². The van der Waals surface area contributed by atoms with Crippen LogP contribution in [0.2, 0.25) is 0 Å². The molecule has 3 rings (SSSR count). The third-order valence-corrected chi connectivity index (χ3v) is 4.03. The molecule has 140 valence electrons. The highest BCUT2D eigenvalue weighted by Gasteiger charge is 2.14. The van der Waals surface area contributed by atoms with Gasteiger partial charge < -0.3 is 20.9 Å². The zero-order chi connectivity index (χ0) is 19.4. The van der Waals surface area contributed by atoms with E-state index >= 15 is 0 Å². The molecule has 4 N–H and O–H groups in total. The number of anilines is 1. The molecule has 0 spiro atoms. The molecule has 0 saturated heterocycles. The van der Waals surface area contributed by atoms with Crippen molar-refractivity contribution in [2.75, 3.05) is 12.8 Å². The summed E-state index contributed by atoms with van der Waals surface area (Å²) in [5.74, 6) is 0.788. The van der Waals surface area contributed by atoms with Gasteiger partial charge in [0.05, 0.1) is 18.5 Å². The quantitative estimate of drug-likeness (QED) is 0.646. The summed E-state index contributed by atoms with van der Waals surface area (Å²) in [6.07, 6.45) is 2.32. The maximum absolute atomic E-state index is 10.9. The van der Waals surface area contributed by atoms with Crippen LogP contribution in [0.15, 0.2) is 42.6 Å². The normalized spacial score (nSPS) is 10.6. The van der Waals surface area contributed by atoms with Crippen LogP contribution >= 0.6 is 0 Å². The largest absolute Gasteiger partial charge is 0.494 e. The number of nitrogens with two attached hydrogens (primary N) is 2.